The normalized spacial score (nSPS) is 11.1. The Hall–Kier alpha value is 1.65. The first kappa shape index (κ1) is 20.0. The van der Waals surface area contributed by atoms with Crippen LogP contribution in [0.25, 0.3) is 0 Å². The van der Waals surface area contributed by atoms with Gasteiger partial charge in [0.2, 0.25) is 0 Å². The number of hydrogen-bond donors (Lipinski definition) is 0. The Morgan fingerprint density at radius 2 is 1.88 bits per heavy atom. The number of esters is 1. The molecule has 0 aromatic heterocycles. The van der Waals surface area contributed by atoms with Crippen molar-refractivity contribution in [2.24, 2.45) is 5.92 Å². The molecule has 0 fully saturated rings. The third-order valence-electron chi connectivity index (χ3n) is 1.52. The van der Waals surface area contributed by atoms with Crippen molar-refractivity contribution in [1.29, 1.82) is 0 Å². The molecule has 0 aromatic rings. The third kappa shape index (κ3) is 18.0. The first-order valence-corrected chi connectivity index (χ1v) is 17.8. The zero-order valence-electron chi connectivity index (χ0n) is 9.08. The molecular formula is C9H14I3O3V. The summed E-state index contributed by atoms with van der Waals surface area (Å²) in [5, 5.41) is 0. The van der Waals surface area contributed by atoms with Crippen LogP contribution in [0, 0.1) is 5.92 Å². The van der Waals surface area contributed by atoms with Crippen LogP contribution in [0.3, 0.4) is 0 Å². The van der Waals surface area contributed by atoms with Crippen molar-refractivity contribution >= 4 is 71.7 Å². The quantitative estimate of drug-likeness (QED) is 0.207. The first-order chi connectivity index (χ1) is 7.33. The van der Waals surface area contributed by atoms with Gasteiger partial charge in [0.05, 0.1) is 7.11 Å². The molecule has 94 valence electrons. The summed E-state index contributed by atoms with van der Waals surface area (Å²) >= 11 is 7.39. The number of carbonyl (C=O) groups excluding carboxylic acids is 2. The Morgan fingerprint density at radius 3 is 2.19 bits per heavy atom. The Balaban J connectivity index is 0. The number of ether oxygens (including phenoxy) is 1. The molecule has 0 amide bonds. The van der Waals surface area contributed by atoms with Crippen molar-refractivity contribution in [3.05, 3.63) is 12.7 Å². The summed E-state index contributed by atoms with van der Waals surface area (Å²) in [7, 11) is 1.27. The summed E-state index contributed by atoms with van der Waals surface area (Å²) in [5.74, 6) is -0.451. The van der Waals surface area contributed by atoms with Gasteiger partial charge in [0, 0.05) is 6.42 Å². The van der Waals surface area contributed by atoms with E-state index in [0.29, 0.717) is 6.42 Å². The third-order valence-corrected chi connectivity index (χ3v) is 1.52. The van der Waals surface area contributed by atoms with E-state index in [-0.39, 0.29) is 23.0 Å². The Bertz CT molecular complexity index is 231. The average Bonchev–Trinajstić information content (AvgIpc) is 2.16. The van der Waals surface area contributed by atoms with Gasteiger partial charge >= 0.3 is 70.8 Å². The molecular weight excluding hydrogens is 588 g/mol. The minimum atomic E-state index is -0.476. The molecule has 0 bridgehead atoms. The Kier molecular flexibility index (Phi) is 16.4. The standard InChI is InChI=1S/C9H14O3.3HI.V/c1-4-7(2)5-8(10)6-9(11)12-3;;;;/h4,7H,1,5-6H2,2-3H3;3*1H;/q;;;;+3/p-3/t7-;;;;/m1..../s1. The fourth-order valence-electron chi connectivity index (χ4n) is 0.748. The maximum absolute atomic E-state index is 11.0. The van der Waals surface area contributed by atoms with E-state index in [4.69, 9.17) is 0 Å². The van der Waals surface area contributed by atoms with Crippen LogP contribution in [0.5, 0.6) is 0 Å². The molecule has 0 unspecified atom stereocenters. The van der Waals surface area contributed by atoms with Crippen LogP contribution in [-0.4, -0.2) is 18.9 Å². The predicted molar refractivity (Wildman–Crippen MR) is 87.7 cm³/mol. The van der Waals surface area contributed by atoms with Gasteiger partial charge in [-0.25, -0.2) is 0 Å². The molecule has 1 atom stereocenters. The minimum absolute atomic E-state index is 0.103. The molecule has 0 rings (SSSR count). The van der Waals surface area contributed by atoms with Crippen LogP contribution in [-0.2, 0) is 19.2 Å². The van der Waals surface area contributed by atoms with E-state index in [1.807, 2.05) is 6.92 Å². The van der Waals surface area contributed by atoms with Crippen LogP contribution in [0.2, 0.25) is 0 Å². The van der Waals surface area contributed by atoms with Crippen LogP contribution in [0.4, 0.5) is 0 Å². The number of halogens is 3. The topological polar surface area (TPSA) is 43.4 Å². The molecule has 0 aliphatic carbocycles. The van der Waals surface area contributed by atoms with E-state index in [1.54, 1.807) is 6.08 Å². The van der Waals surface area contributed by atoms with Crippen LogP contribution >= 0.6 is 59.9 Å². The van der Waals surface area contributed by atoms with E-state index >= 15 is 0 Å². The van der Waals surface area contributed by atoms with Crippen molar-refractivity contribution in [2.45, 2.75) is 19.8 Å². The number of Topliss-reactive ketones (excluding diaryl/α,β-unsaturated/α-hetero) is 1. The monoisotopic (exact) mass is 602 g/mol. The zero-order chi connectivity index (χ0) is 13.1. The second-order valence-corrected chi connectivity index (χ2v) is 38.3. The van der Waals surface area contributed by atoms with Gasteiger partial charge in [-0.1, -0.05) is 13.0 Å². The summed E-state index contributed by atoms with van der Waals surface area (Å²) in [6.07, 6.45) is 1.92. The van der Waals surface area contributed by atoms with Crippen LogP contribution < -0.4 is 0 Å². The van der Waals surface area contributed by atoms with Crippen molar-refractivity contribution in [3.63, 3.8) is 0 Å². The summed E-state index contributed by atoms with van der Waals surface area (Å²) in [5.41, 5.74) is 0. The van der Waals surface area contributed by atoms with E-state index in [0.717, 1.165) is 0 Å². The fraction of sp³-hybridized carbons (Fsp3) is 0.556. The van der Waals surface area contributed by atoms with Crippen molar-refractivity contribution in [2.75, 3.05) is 7.11 Å². The van der Waals surface area contributed by atoms with E-state index in [2.05, 4.69) is 71.3 Å². The molecule has 0 radical (unpaired) electrons. The Labute approximate surface area is 134 Å². The second-order valence-electron chi connectivity index (χ2n) is 2.90. The fourth-order valence-corrected chi connectivity index (χ4v) is 0.748. The first-order valence-electron chi connectivity index (χ1n) is 4.32. The number of rotatable bonds is 5. The molecule has 0 aromatic carbocycles. The number of methoxy groups -OCH3 is 1. The SMILES string of the molecule is C=C[C@@H](C)CC(=O)CC(=O)OC.[I][V]([I])[I]. The summed E-state index contributed by atoms with van der Waals surface area (Å²) in [4.78, 5) is 21.4. The zero-order valence-corrected chi connectivity index (χ0v) is 17.0. The maximum atomic E-state index is 11.0. The van der Waals surface area contributed by atoms with Gasteiger partial charge in [0.15, 0.2) is 0 Å². The van der Waals surface area contributed by atoms with Gasteiger partial charge in [-0.3, -0.25) is 9.59 Å². The second kappa shape index (κ2) is 13.1. The van der Waals surface area contributed by atoms with Gasteiger partial charge in [-0.2, -0.15) is 0 Å². The molecule has 0 saturated heterocycles. The summed E-state index contributed by atoms with van der Waals surface area (Å²) < 4.78 is 4.35. The van der Waals surface area contributed by atoms with Crippen LogP contribution in [0.15, 0.2) is 12.7 Å². The van der Waals surface area contributed by atoms with Crippen molar-refractivity contribution in [1.82, 2.24) is 0 Å². The molecule has 0 aliphatic heterocycles. The van der Waals surface area contributed by atoms with Gasteiger partial charge in [0.25, 0.3) is 0 Å². The average molecular weight is 602 g/mol. The molecule has 7 heteroatoms. The van der Waals surface area contributed by atoms with Gasteiger partial charge in [-0.05, 0) is 5.92 Å². The van der Waals surface area contributed by atoms with E-state index < -0.39 is 5.97 Å². The van der Waals surface area contributed by atoms with Gasteiger partial charge in [-0.15, -0.1) is 6.58 Å². The van der Waals surface area contributed by atoms with E-state index in [1.165, 1.54) is 7.11 Å². The number of ketones is 1. The summed E-state index contributed by atoms with van der Waals surface area (Å²) in [6.45, 7) is 5.42. The molecule has 16 heavy (non-hydrogen) atoms. The van der Waals surface area contributed by atoms with Crippen molar-refractivity contribution < 1.29 is 19.2 Å². The molecule has 0 aliphatic rings. The molecule has 0 heterocycles. The molecule has 3 nitrogen and oxygen atoms in total. The van der Waals surface area contributed by atoms with E-state index in [9.17, 15) is 9.59 Å². The summed E-state index contributed by atoms with van der Waals surface area (Å²) in [6, 6.07) is 0. The van der Waals surface area contributed by atoms with Crippen LogP contribution in [0.1, 0.15) is 19.8 Å². The van der Waals surface area contributed by atoms with Gasteiger partial charge < -0.3 is 4.74 Å². The Morgan fingerprint density at radius 1 is 1.44 bits per heavy atom. The molecule has 0 saturated carbocycles. The number of hydrogen-bond acceptors (Lipinski definition) is 3. The van der Waals surface area contributed by atoms with Crippen molar-refractivity contribution in [3.8, 4) is 0 Å². The van der Waals surface area contributed by atoms with Gasteiger partial charge in [0.1, 0.15) is 12.2 Å². The number of carbonyl (C=O) groups is 2. The molecule has 0 spiro atoms. The molecule has 0 N–H and O–H groups in total. The number of allylic oxidation sites excluding steroid dienone is 1. The predicted octanol–water partition coefficient (Wildman–Crippen LogP) is 3.99.